The van der Waals surface area contributed by atoms with Crippen molar-refractivity contribution in [3.8, 4) is 23.0 Å². The molecule has 1 fully saturated rings. The van der Waals surface area contributed by atoms with Crippen molar-refractivity contribution in [2.24, 2.45) is 0 Å². The zero-order valence-electron chi connectivity index (χ0n) is 34.6. The number of aliphatic hydroxyl groups excluding tert-OH is 3. The van der Waals surface area contributed by atoms with Gasteiger partial charge in [-0.05, 0) is 83.6 Å². The maximum Gasteiger partial charge on any atom is 0.122 e. The molecule has 1 saturated heterocycles. The van der Waals surface area contributed by atoms with Gasteiger partial charge in [-0.2, -0.15) is 0 Å². The lowest BCUT2D eigenvalue weighted by Gasteiger charge is -2.27. The molecule has 0 amide bonds. The molecule has 4 aromatic rings. The molecule has 316 valence electrons. The molecule has 4 aromatic carbocycles. The third kappa shape index (κ3) is 14.3. The standard InChI is InChI=1S/C47H62O11/c1-46(2,34-8-16-41(17-9-34)54-29-39(49)28-53-25-7-6-24-52-27-38(48)26-51-5)35-10-18-42(19-11-35)55-30-40(50)31-56-43-20-12-36(13-21-43)47(3,4)37-14-22-44(23-15-37)57-32-45-33-58-45/h8-23,38-40,45,48-50H,6-7,24-33H2,1-5H3. The Labute approximate surface area is 343 Å². The van der Waals surface area contributed by atoms with E-state index in [0.717, 1.165) is 41.9 Å². The summed E-state index contributed by atoms with van der Waals surface area (Å²) in [5.41, 5.74) is 4.05. The van der Waals surface area contributed by atoms with E-state index in [1.165, 1.54) is 12.7 Å². The van der Waals surface area contributed by atoms with E-state index in [4.69, 9.17) is 37.9 Å². The van der Waals surface area contributed by atoms with Crippen molar-refractivity contribution in [1.82, 2.24) is 0 Å². The number of unbranched alkanes of at least 4 members (excludes halogenated alkanes) is 1. The highest BCUT2D eigenvalue weighted by atomic mass is 16.6. The zero-order chi connectivity index (χ0) is 41.4. The highest BCUT2D eigenvalue weighted by Crippen LogP contribution is 2.35. The normalized spacial score (nSPS) is 15.7. The van der Waals surface area contributed by atoms with E-state index >= 15 is 0 Å². The average Bonchev–Trinajstić information content (AvgIpc) is 4.07. The van der Waals surface area contributed by atoms with Crippen LogP contribution < -0.4 is 18.9 Å². The lowest BCUT2D eigenvalue weighted by Crippen LogP contribution is -2.25. The molecule has 11 nitrogen and oxygen atoms in total. The van der Waals surface area contributed by atoms with Crippen LogP contribution in [0.25, 0.3) is 0 Å². The van der Waals surface area contributed by atoms with Crippen LogP contribution in [0.5, 0.6) is 23.0 Å². The number of ether oxygens (including phenoxy) is 8. The van der Waals surface area contributed by atoms with Gasteiger partial charge in [-0.25, -0.2) is 0 Å². The van der Waals surface area contributed by atoms with Crippen LogP contribution in [0.15, 0.2) is 97.1 Å². The Balaban J connectivity index is 0.976. The summed E-state index contributed by atoms with van der Waals surface area (Å²) >= 11 is 0. The molecule has 4 unspecified atom stereocenters. The molecule has 1 heterocycles. The Morgan fingerprint density at radius 3 is 1.14 bits per heavy atom. The van der Waals surface area contributed by atoms with E-state index in [9.17, 15) is 15.3 Å². The second-order valence-electron chi connectivity index (χ2n) is 15.8. The number of rotatable bonds is 27. The maximum absolute atomic E-state index is 10.6. The van der Waals surface area contributed by atoms with Crippen molar-refractivity contribution in [2.45, 2.75) is 75.8 Å². The monoisotopic (exact) mass is 802 g/mol. The SMILES string of the molecule is COCC(O)COCCCCOCC(O)COc1ccc(C(C)(C)c2ccc(OCC(O)COc3ccc(C(C)(C)c4ccc(OCC5CO5)cc4)cc3)cc2)cc1. The summed E-state index contributed by atoms with van der Waals surface area (Å²) in [5.74, 6) is 2.86. The fourth-order valence-electron chi connectivity index (χ4n) is 6.32. The van der Waals surface area contributed by atoms with Gasteiger partial charge in [0.2, 0.25) is 0 Å². The van der Waals surface area contributed by atoms with Crippen molar-refractivity contribution in [1.29, 1.82) is 0 Å². The predicted molar refractivity (Wildman–Crippen MR) is 223 cm³/mol. The van der Waals surface area contributed by atoms with Gasteiger partial charge in [0.05, 0.1) is 26.4 Å². The molecule has 4 atom stereocenters. The Hall–Kier alpha value is -4.20. The first-order valence-electron chi connectivity index (χ1n) is 20.2. The van der Waals surface area contributed by atoms with E-state index in [2.05, 4.69) is 52.0 Å². The van der Waals surface area contributed by atoms with Gasteiger partial charge in [0.25, 0.3) is 0 Å². The van der Waals surface area contributed by atoms with E-state index in [0.29, 0.717) is 37.1 Å². The van der Waals surface area contributed by atoms with Crippen molar-refractivity contribution < 1.29 is 53.2 Å². The molecule has 11 heteroatoms. The third-order valence-electron chi connectivity index (χ3n) is 10.3. The van der Waals surface area contributed by atoms with Crippen LogP contribution in [0, 0.1) is 0 Å². The van der Waals surface area contributed by atoms with Gasteiger partial charge in [0.15, 0.2) is 0 Å². The minimum Gasteiger partial charge on any atom is -0.491 e. The van der Waals surface area contributed by atoms with E-state index < -0.39 is 18.3 Å². The predicted octanol–water partition coefficient (Wildman–Crippen LogP) is 6.50. The summed E-state index contributed by atoms with van der Waals surface area (Å²) in [7, 11) is 1.54. The van der Waals surface area contributed by atoms with Gasteiger partial charge in [-0.3, -0.25) is 0 Å². The molecule has 3 N–H and O–H groups in total. The summed E-state index contributed by atoms with van der Waals surface area (Å²) in [5, 5.41) is 30.5. The largest absolute Gasteiger partial charge is 0.491 e. The lowest BCUT2D eigenvalue weighted by molar-refractivity contribution is -0.0109. The number of aliphatic hydroxyl groups is 3. The number of hydrogen-bond donors (Lipinski definition) is 3. The topological polar surface area (TPSA) is 138 Å². The van der Waals surface area contributed by atoms with E-state index in [-0.39, 0.29) is 56.6 Å². The Kier molecular flexibility index (Phi) is 17.2. The second kappa shape index (κ2) is 22.2. The molecule has 0 aromatic heterocycles. The van der Waals surface area contributed by atoms with Crippen LogP contribution in [0.3, 0.4) is 0 Å². The average molecular weight is 803 g/mol. The zero-order valence-corrected chi connectivity index (χ0v) is 34.6. The summed E-state index contributed by atoms with van der Waals surface area (Å²) in [6.45, 7) is 12.1. The van der Waals surface area contributed by atoms with Crippen LogP contribution in [-0.2, 0) is 29.8 Å². The van der Waals surface area contributed by atoms with Crippen molar-refractivity contribution in [2.75, 3.05) is 73.2 Å². The summed E-state index contributed by atoms with van der Waals surface area (Å²) in [6.07, 6.45) is -0.340. The van der Waals surface area contributed by atoms with Gasteiger partial charge in [0, 0.05) is 31.2 Å². The Bertz CT molecular complexity index is 1740. The summed E-state index contributed by atoms with van der Waals surface area (Å²) in [6, 6.07) is 32.0. The van der Waals surface area contributed by atoms with Crippen molar-refractivity contribution in [3.05, 3.63) is 119 Å². The maximum atomic E-state index is 10.6. The third-order valence-corrected chi connectivity index (χ3v) is 10.3. The van der Waals surface area contributed by atoms with Crippen molar-refractivity contribution in [3.63, 3.8) is 0 Å². The van der Waals surface area contributed by atoms with E-state index in [1.54, 1.807) is 0 Å². The Morgan fingerprint density at radius 1 is 0.500 bits per heavy atom. The summed E-state index contributed by atoms with van der Waals surface area (Å²) < 4.78 is 44.5. The molecule has 1 aliphatic heterocycles. The smallest absolute Gasteiger partial charge is 0.122 e. The van der Waals surface area contributed by atoms with Crippen LogP contribution in [-0.4, -0.2) is 113 Å². The first-order chi connectivity index (χ1) is 27.9. The first kappa shape index (κ1) is 44.9. The highest BCUT2D eigenvalue weighted by molar-refractivity contribution is 5.43. The quantitative estimate of drug-likeness (QED) is 0.0451. The van der Waals surface area contributed by atoms with Crippen LogP contribution in [0.1, 0.15) is 62.8 Å². The van der Waals surface area contributed by atoms with Crippen LogP contribution in [0.4, 0.5) is 0 Å². The van der Waals surface area contributed by atoms with Gasteiger partial charge in [-0.15, -0.1) is 0 Å². The molecular weight excluding hydrogens is 741 g/mol. The van der Waals surface area contributed by atoms with Crippen LogP contribution in [0.2, 0.25) is 0 Å². The van der Waals surface area contributed by atoms with Crippen molar-refractivity contribution >= 4 is 0 Å². The van der Waals surface area contributed by atoms with Crippen LogP contribution >= 0.6 is 0 Å². The van der Waals surface area contributed by atoms with Gasteiger partial charge >= 0.3 is 0 Å². The number of epoxide rings is 1. The second-order valence-corrected chi connectivity index (χ2v) is 15.8. The number of hydrogen-bond acceptors (Lipinski definition) is 11. The van der Waals surface area contributed by atoms with Gasteiger partial charge in [-0.1, -0.05) is 76.2 Å². The molecule has 5 rings (SSSR count). The molecule has 0 aliphatic carbocycles. The number of methoxy groups -OCH3 is 1. The molecular formula is C47H62O11. The molecule has 0 spiro atoms. The molecule has 0 saturated carbocycles. The molecule has 0 radical (unpaired) electrons. The molecule has 1 aliphatic rings. The summed E-state index contributed by atoms with van der Waals surface area (Å²) in [4.78, 5) is 0. The first-order valence-corrected chi connectivity index (χ1v) is 20.2. The fourth-order valence-corrected chi connectivity index (χ4v) is 6.32. The highest BCUT2D eigenvalue weighted by Gasteiger charge is 2.26. The molecule has 0 bridgehead atoms. The minimum absolute atomic E-state index is 0.0986. The molecule has 58 heavy (non-hydrogen) atoms. The fraction of sp³-hybridized carbons (Fsp3) is 0.489. The van der Waals surface area contributed by atoms with Gasteiger partial charge < -0.3 is 53.2 Å². The van der Waals surface area contributed by atoms with E-state index in [1.807, 2.05) is 72.8 Å². The number of benzene rings is 4. The minimum atomic E-state index is -0.807. The lowest BCUT2D eigenvalue weighted by atomic mass is 9.78. The Morgan fingerprint density at radius 2 is 0.810 bits per heavy atom. The van der Waals surface area contributed by atoms with Gasteiger partial charge in [0.1, 0.15) is 73.8 Å².